The van der Waals surface area contributed by atoms with Crippen molar-refractivity contribution in [2.45, 2.75) is 52.5 Å². The van der Waals surface area contributed by atoms with Gasteiger partial charge in [-0.05, 0) is 24.5 Å². The first-order valence-corrected chi connectivity index (χ1v) is 9.18. The monoisotopic (exact) mass is 369 g/mol. The van der Waals surface area contributed by atoms with Crippen molar-refractivity contribution in [1.82, 2.24) is 0 Å². The van der Waals surface area contributed by atoms with E-state index in [1.807, 2.05) is 18.2 Å². The van der Waals surface area contributed by atoms with Crippen LogP contribution in [0.5, 0.6) is 5.75 Å². The van der Waals surface area contributed by atoms with E-state index in [-0.39, 0.29) is 11.9 Å². The van der Waals surface area contributed by atoms with E-state index >= 15 is 0 Å². The smallest absolute Gasteiger partial charge is 0.492 e. The molecular weight excluding hydrogens is 338 g/mol. The molecule has 6 nitrogen and oxygen atoms in total. The quantitative estimate of drug-likeness (QED) is 0.219. The average molecular weight is 370 g/mol. The zero-order valence-electron chi connectivity index (χ0n) is 15.3. The molecule has 8 N–H and O–H groups in total. The summed E-state index contributed by atoms with van der Waals surface area (Å²) in [5.74, 6) is 1.82. The van der Waals surface area contributed by atoms with Crippen LogP contribution in [0.2, 0.25) is 5.02 Å². The van der Waals surface area contributed by atoms with E-state index in [1.165, 1.54) is 25.7 Å². The van der Waals surface area contributed by atoms with Crippen LogP contribution in [-0.2, 0) is 6.54 Å². The molecule has 140 valence electrons. The number of nitrogens with two attached hydrogens (primary N) is 3. The maximum atomic E-state index is 6.28. The number of hydrogen-bond acceptors (Lipinski definition) is 1. The van der Waals surface area contributed by atoms with Crippen molar-refractivity contribution in [1.29, 1.82) is 0 Å². The van der Waals surface area contributed by atoms with E-state index in [1.54, 1.807) is 0 Å². The molecule has 0 atom stereocenters. The summed E-state index contributed by atoms with van der Waals surface area (Å²) in [4.78, 5) is 5.55. The number of nitrogens with one attached hydrogen (secondary N) is 2. The second-order valence-corrected chi connectivity index (χ2v) is 6.96. The molecule has 0 radical (unpaired) electrons. The molecule has 0 saturated heterocycles. The molecule has 1 aromatic rings. The summed E-state index contributed by atoms with van der Waals surface area (Å²) >= 11 is 6.28. The molecule has 0 fully saturated rings. The highest BCUT2D eigenvalue weighted by molar-refractivity contribution is 6.32. The Balaban J connectivity index is 2.37. The lowest BCUT2D eigenvalue weighted by Crippen LogP contribution is -2.97. The van der Waals surface area contributed by atoms with Crippen LogP contribution < -0.4 is 31.9 Å². The van der Waals surface area contributed by atoms with Gasteiger partial charge in [-0.15, -0.1) is 4.99 Å². The molecule has 0 amide bonds. The molecule has 25 heavy (non-hydrogen) atoms. The first-order chi connectivity index (χ1) is 11.9. The van der Waals surface area contributed by atoms with E-state index in [0.29, 0.717) is 23.9 Å². The molecular formula is C18H32ClN5O+2. The fourth-order valence-electron chi connectivity index (χ4n) is 2.36. The van der Waals surface area contributed by atoms with Crippen LogP contribution in [0.25, 0.3) is 0 Å². The minimum atomic E-state index is 0.0380. The molecule has 1 rings (SSSR count). The topological polar surface area (TPSA) is 115 Å². The number of rotatable bonds is 10. The number of benzene rings is 1. The lowest BCUT2D eigenvalue weighted by atomic mass is 10.0. The molecule has 0 aliphatic heterocycles. The summed E-state index contributed by atoms with van der Waals surface area (Å²) in [6, 6.07) is 5.68. The number of guanidine groups is 2. The number of ether oxygens (including phenoxy) is 1. The van der Waals surface area contributed by atoms with E-state index in [4.69, 9.17) is 33.5 Å². The third-order valence-electron chi connectivity index (χ3n) is 3.69. The fraction of sp³-hybridized carbons (Fsp3) is 0.556. The van der Waals surface area contributed by atoms with Crippen LogP contribution in [0.3, 0.4) is 0 Å². The second-order valence-electron chi connectivity index (χ2n) is 6.56. The SMILES string of the molecule is CC(C)CCCCCCOc1ccc(C[NH+]=C(N)[NH+]=C(N)N)cc1Cl. The molecule has 0 aliphatic rings. The summed E-state index contributed by atoms with van der Waals surface area (Å²) in [6.07, 6.45) is 6.09. The van der Waals surface area contributed by atoms with Crippen molar-refractivity contribution in [3.8, 4) is 5.75 Å². The molecule has 0 saturated carbocycles. The first kappa shape index (κ1) is 21.1. The van der Waals surface area contributed by atoms with Gasteiger partial charge in [0.15, 0.2) is 0 Å². The normalized spacial score (nSPS) is 11.6. The van der Waals surface area contributed by atoms with Crippen LogP contribution in [0.1, 0.15) is 51.5 Å². The average Bonchev–Trinajstić information content (AvgIpc) is 2.52. The van der Waals surface area contributed by atoms with Crippen molar-refractivity contribution >= 4 is 23.5 Å². The van der Waals surface area contributed by atoms with Crippen LogP contribution in [0, 0.1) is 5.92 Å². The highest BCUT2D eigenvalue weighted by Gasteiger charge is 2.07. The number of hydrogen-bond donors (Lipinski definition) is 5. The maximum Gasteiger partial charge on any atom is 0.517 e. The molecule has 0 bridgehead atoms. The Morgan fingerprint density at radius 2 is 1.84 bits per heavy atom. The maximum absolute atomic E-state index is 6.28. The molecule has 0 spiro atoms. The van der Waals surface area contributed by atoms with Gasteiger partial charge in [-0.1, -0.05) is 57.2 Å². The first-order valence-electron chi connectivity index (χ1n) is 8.81. The van der Waals surface area contributed by atoms with Gasteiger partial charge in [-0.25, -0.2) is 5.73 Å². The van der Waals surface area contributed by atoms with Gasteiger partial charge < -0.3 is 16.2 Å². The molecule has 0 heterocycles. The zero-order chi connectivity index (χ0) is 18.7. The van der Waals surface area contributed by atoms with Crippen LogP contribution in [-0.4, -0.2) is 18.5 Å². The van der Waals surface area contributed by atoms with Gasteiger partial charge in [-0.2, -0.15) is 4.99 Å². The summed E-state index contributed by atoms with van der Waals surface area (Å²) in [6.45, 7) is 5.72. The van der Waals surface area contributed by atoms with Crippen molar-refractivity contribution in [2.75, 3.05) is 6.61 Å². The third-order valence-corrected chi connectivity index (χ3v) is 3.99. The summed E-state index contributed by atoms with van der Waals surface area (Å²) in [5, 5.41) is 0.593. The Bertz CT molecular complexity index is 583. The van der Waals surface area contributed by atoms with Gasteiger partial charge in [0.25, 0.3) is 5.96 Å². The van der Waals surface area contributed by atoms with Crippen molar-refractivity contribution < 1.29 is 14.7 Å². The Morgan fingerprint density at radius 3 is 2.48 bits per heavy atom. The Labute approximate surface area is 155 Å². The Morgan fingerprint density at radius 1 is 1.12 bits per heavy atom. The van der Waals surface area contributed by atoms with Crippen LogP contribution in [0.4, 0.5) is 0 Å². The standard InChI is InChI=1S/C18H30ClN5O/c1-13(2)7-5-3-4-6-10-25-16-9-8-14(11-15(16)19)12-23-18(22)24-17(20)21/h8-9,11,13H,3-7,10,12H2,1-2H3,(H6,20,21,22,23,24)/p+2. The molecule has 0 aliphatic carbocycles. The molecule has 7 heteroatoms. The molecule has 1 aromatic carbocycles. The van der Waals surface area contributed by atoms with Gasteiger partial charge in [0.2, 0.25) is 0 Å². The Kier molecular flexibility index (Phi) is 9.77. The molecule has 0 aromatic heterocycles. The van der Waals surface area contributed by atoms with E-state index < -0.39 is 0 Å². The lowest BCUT2D eigenvalue weighted by molar-refractivity contribution is -0.536. The fourth-order valence-corrected chi connectivity index (χ4v) is 2.62. The van der Waals surface area contributed by atoms with E-state index in [0.717, 1.165) is 17.9 Å². The van der Waals surface area contributed by atoms with Gasteiger partial charge in [0.1, 0.15) is 12.3 Å². The number of unbranched alkanes of at least 4 members (excludes halogenated alkanes) is 3. The van der Waals surface area contributed by atoms with E-state index in [2.05, 4.69) is 23.8 Å². The summed E-state index contributed by atoms with van der Waals surface area (Å²) in [5.41, 5.74) is 17.3. The predicted molar refractivity (Wildman–Crippen MR) is 103 cm³/mol. The van der Waals surface area contributed by atoms with Crippen LogP contribution in [0.15, 0.2) is 18.2 Å². The summed E-state index contributed by atoms with van der Waals surface area (Å²) < 4.78 is 5.77. The van der Waals surface area contributed by atoms with Gasteiger partial charge in [-0.3, -0.25) is 0 Å². The second kappa shape index (κ2) is 11.6. The van der Waals surface area contributed by atoms with Gasteiger partial charge >= 0.3 is 5.96 Å². The van der Waals surface area contributed by atoms with Crippen molar-refractivity contribution in [2.24, 2.45) is 23.1 Å². The van der Waals surface area contributed by atoms with E-state index in [9.17, 15) is 0 Å². The highest BCUT2D eigenvalue weighted by Crippen LogP contribution is 2.25. The molecule has 0 unspecified atom stereocenters. The Hall–Kier alpha value is -1.95. The minimum Gasteiger partial charge on any atom is -0.492 e. The third kappa shape index (κ3) is 9.82. The minimum absolute atomic E-state index is 0.0380. The van der Waals surface area contributed by atoms with Gasteiger partial charge in [0, 0.05) is 5.56 Å². The van der Waals surface area contributed by atoms with Crippen molar-refractivity contribution in [3.05, 3.63) is 28.8 Å². The predicted octanol–water partition coefficient (Wildman–Crippen LogP) is -0.425. The van der Waals surface area contributed by atoms with Crippen molar-refractivity contribution in [3.63, 3.8) is 0 Å². The lowest BCUT2D eigenvalue weighted by Gasteiger charge is -2.09. The van der Waals surface area contributed by atoms with Crippen LogP contribution >= 0.6 is 11.6 Å². The summed E-state index contributed by atoms with van der Waals surface area (Å²) in [7, 11) is 0. The zero-order valence-corrected chi connectivity index (χ0v) is 16.0. The largest absolute Gasteiger partial charge is 0.517 e. The highest BCUT2D eigenvalue weighted by atomic mass is 35.5. The number of halogens is 1. The van der Waals surface area contributed by atoms with Gasteiger partial charge in [0.05, 0.1) is 11.6 Å².